The molecule has 0 aliphatic heterocycles. The number of carbonyl (C=O) groups excluding carboxylic acids is 2. The Balaban J connectivity index is -0.000000980. The maximum atomic E-state index is 11.1. The second kappa shape index (κ2) is 9.14. The van der Waals surface area contributed by atoms with Crippen LogP contribution in [0.3, 0.4) is 0 Å². The molecule has 88 valence electrons. The first-order chi connectivity index (χ1) is 6.70. The van der Waals surface area contributed by atoms with E-state index in [1.807, 2.05) is 6.92 Å². The minimum atomic E-state index is -1.90. The number of rotatable bonds is 5. The summed E-state index contributed by atoms with van der Waals surface area (Å²) in [4.78, 5) is 22.2. The van der Waals surface area contributed by atoms with Gasteiger partial charge in [-0.15, -0.1) is 0 Å². The van der Waals surface area contributed by atoms with Crippen molar-refractivity contribution in [2.75, 3.05) is 0 Å². The fraction of sp³-hybridized carbons (Fsp3) is 0.818. The average Bonchev–Trinajstić information content (AvgIpc) is 2.01. The summed E-state index contributed by atoms with van der Waals surface area (Å²) in [6.45, 7) is 6.61. The van der Waals surface area contributed by atoms with Crippen molar-refractivity contribution in [2.24, 2.45) is 10.8 Å². The van der Waals surface area contributed by atoms with Crippen molar-refractivity contribution in [1.82, 2.24) is 0 Å². The van der Waals surface area contributed by atoms with Crippen LogP contribution in [0.2, 0.25) is 0 Å². The molecule has 0 bridgehead atoms. The molecule has 0 saturated heterocycles. The van der Waals surface area contributed by atoms with E-state index in [9.17, 15) is 19.8 Å². The van der Waals surface area contributed by atoms with E-state index in [-0.39, 0.29) is 76.7 Å². The molecule has 0 rings (SSSR count). The molecule has 0 aliphatic rings. The van der Waals surface area contributed by atoms with Crippen molar-refractivity contribution in [3.05, 3.63) is 0 Å². The van der Waals surface area contributed by atoms with Gasteiger partial charge < -0.3 is 19.8 Å². The van der Waals surface area contributed by atoms with Crippen LogP contribution >= 0.6 is 0 Å². The molecule has 0 spiro atoms. The quantitative estimate of drug-likeness (QED) is 0.364. The van der Waals surface area contributed by atoms with E-state index in [0.717, 1.165) is 6.42 Å². The Kier molecular flexibility index (Phi) is 12.5. The largest absolute Gasteiger partial charge is 1.00 e. The third-order valence-electron chi connectivity index (χ3n) is 2.88. The Morgan fingerprint density at radius 2 is 1.41 bits per heavy atom. The van der Waals surface area contributed by atoms with Crippen LogP contribution in [0.1, 0.15) is 47.0 Å². The first-order valence-corrected chi connectivity index (χ1v) is 5.13. The molecule has 0 atom stereocenters. The zero-order valence-electron chi connectivity index (χ0n) is 11.8. The fourth-order valence-corrected chi connectivity index (χ4v) is 1.72. The summed E-state index contributed by atoms with van der Waals surface area (Å²) in [6, 6.07) is 0. The topological polar surface area (TPSA) is 80.3 Å². The second-order valence-corrected chi connectivity index (χ2v) is 4.83. The zero-order chi connectivity index (χ0) is 12.3. The van der Waals surface area contributed by atoms with Gasteiger partial charge >= 0.3 is 70.2 Å². The first kappa shape index (κ1) is 23.3. The van der Waals surface area contributed by atoms with E-state index in [2.05, 4.69) is 0 Å². The van der Waals surface area contributed by atoms with E-state index >= 15 is 0 Å². The van der Waals surface area contributed by atoms with Gasteiger partial charge in [-0.3, -0.25) is 0 Å². The van der Waals surface area contributed by atoms with Gasteiger partial charge in [-0.1, -0.05) is 40.5 Å². The van der Waals surface area contributed by atoms with E-state index in [0.29, 0.717) is 6.42 Å². The molecule has 0 aromatic heterocycles. The van der Waals surface area contributed by atoms with Gasteiger partial charge in [0.2, 0.25) is 0 Å². The molecule has 0 aromatic rings. The summed E-state index contributed by atoms with van der Waals surface area (Å²) < 4.78 is 0. The molecule has 0 fully saturated rings. The Bertz CT molecular complexity index is 247. The third kappa shape index (κ3) is 5.35. The monoisotopic (exact) mass is 260 g/mol. The van der Waals surface area contributed by atoms with Gasteiger partial charge in [0.15, 0.2) is 0 Å². The fourth-order valence-electron chi connectivity index (χ4n) is 1.72. The molecule has 17 heavy (non-hydrogen) atoms. The van der Waals surface area contributed by atoms with Crippen LogP contribution in [0.4, 0.5) is 0 Å². The number of hydrogen-bond acceptors (Lipinski definition) is 4. The number of aliphatic carboxylic acids is 2. The van der Waals surface area contributed by atoms with Crippen LogP contribution in [-0.4, -0.2) is 11.9 Å². The maximum Gasteiger partial charge on any atom is 1.00 e. The smallest absolute Gasteiger partial charge is 0.549 e. The zero-order valence-corrected chi connectivity index (χ0v) is 14.9. The molecule has 0 saturated carbocycles. The van der Waals surface area contributed by atoms with E-state index in [1.54, 1.807) is 20.8 Å². The number of carboxylic acid groups (broad SMARTS) is 2. The molecule has 0 aliphatic carbocycles. The molecule has 6 heteroatoms. The van der Waals surface area contributed by atoms with Gasteiger partial charge in [0.1, 0.15) is 0 Å². The number of carboxylic acids is 2. The second-order valence-electron chi connectivity index (χ2n) is 4.83. The predicted molar refractivity (Wildman–Crippen MR) is 51.4 cm³/mol. The predicted octanol–water partition coefficient (Wildman–Crippen LogP) is -6.28. The van der Waals surface area contributed by atoms with Gasteiger partial charge in [0.05, 0.1) is 17.4 Å². The Morgan fingerprint density at radius 1 is 1.06 bits per heavy atom. The van der Waals surface area contributed by atoms with Crippen LogP contribution in [0.25, 0.3) is 0 Å². The Morgan fingerprint density at radius 3 is 1.59 bits per heavy atom. The Labute approximate surface area is 158 Å². The van der Waals surface area contributed by atoms with E-state index < -0.39 is 22.8 Å². The van der Waals surface area contributed by atoms with Crippen molar-refractivity contribution in [3.63, 3.8) is 0 Å². The summed E-state index contributed by atoms with van der Waals surface area (Å²) in [5, 5.41) is 22.2. The standard InChI is InChI=1S/C11H20O4.K.Li/c1-5-6-7-11(8(12)13,9(14)15)10(2,3)4;;/h5-7H2,1-4H3,(H,12,13)(H,14,15);;/q;2*+1/p-2. The normalized spacial score (nSPS) is 11.1. The van der Waals surface area contributed by atoms with Crippen molar-refractivity contribution < 1.29 is 90.0 Å². The van der Waals surface area contributed by atoms with Crippen LogP contribution in [0, 0.1) is 10.8 Å². The minimum absolute atomic E-state index is 0. The summed E-state index contributed by atoms with van der Waals surface area (Å²) in [5.41, 5.74) is -2.82. The summed E-state index contributed by atoms with van der Waals surface area (Å²) in [7, 11) is 0. The molecular formula is C11H18KLiO4. The molecule has 0 radical (unpaired) electrons. The molecule has 0 heterocycles. The van der Waals surface area contributed by atoms with Gasteiger partial charge in [-0.2, -0.15) is 0 Å². The van der Waals surface area contributed by atoms with Gasteiger partial charge in [0, 0.05) is 0 Å². The van der Waals surface area contributed by atoms with Crippen molar-refractivity contribution in [1.29, 1.82) is 0 Å². The molecular weight excluding hydrogens is 242 g/mol. The van der Waals surface area contributed by atoms with E-state index in [1.165, 1.54) is 0 Å². The average molecular weight is 260 g/mol. The van der Waals surface area contributed by atoms with Crippen molar-refractivity contribution in [3.8, 4) is 0 Å². The summed E-state index contributed by atoms with van der Waals surface area (Å²) in [6.07, 6.45) is 1.31. The first-order valence-electron chi connectivity index (χ1n) is 5.13. The number of unbranched alkanes of at least 4 members (excludes halogenated alkanes) is 1. The van der Waals surface area contributed by atoms with Crippen molar-refractivity contribution >= 4 is 11.9 Å². The summed E-state index contributed by atoms with van der Waals surface area (Å²) in [5.74, 6) is -3.10. The van der Waals surface area contributed by atoms with Crippen LogP contribution < -0.4 is 80.5 Å². The van der Waals surface area contributed by atoms with Gasteiger partial charge in [0.25, 0.3) is 0 Å². The number of hydrogen-bond donors (Lipinski definition) is 0. The number of carbonyl (C=O) groups is 2. The third-order valence-corrected chi connectivity index (χ3v) is 2.88. The molecule has 4 nitrogen and oxygen atoms in total. The van der Waals surface area contributed by atoms with Crippen molar-refractivity contribution in [2.45, 2.75) is 47.0 Å². The molecule has 0 aromatic carbocycles. The Hall–Kier alpha value is 1.17. The van der Waals surface area contributed by atoms with Gasteiger partial charge in [-0.25, -0.2) is 0 Å². The minimum Gasteiger partial charge on any atom is -0.549 e. The van der Waals surface area contributed by atoms with Crippen LogP contribution in [0.15, 0.2) is 0 Å². The SMILES string of the molecule is CCCCC(C(=O)[O-])(C(=O)[O-])C(C)(C)C.[K+].[Li+]. The molecule has 0 amide bonds. The molecule has 0 N–H and O–H groups in total. The molecule has 0 unspecified atom stereocenters. The van der Waals surface area contributed by atoms with Gasteiger partial charge in [-0.05, 0) is 11.8 Å². The van der Waals surface area contributed by atoms with Crippen LogP contribution in [-0.2, 0) is 9.59 Å². The summed E-state index contributed by atoms with van der Waals surface area (Å²) >= 11 is 0. The van der Waals surface area contributed by atoms with Crippen LogP contribution in [0.5, 0.6) is 0 Å². The maximum absolute atomic E-state index is 11.1. The van der Waals surface area contributed by atoms with E-state index in [4.69, 9.17) is 0 Å².